The number of likely N-dealkylation sites (N-methyl/N-ethyl adjacent to an activating group) is 1. The van der Waals surface area contributed by atoms with E-state index in [1.807, 2.05) is 12.1 Å². The molecule has 2 rings (SSSR count). The van der Waals surface area contributed by atoms with Crippen molar-refractivity contribution >= 4 is 0 Å². The van der Waals surface area contributed by atoms with Gasteiger partial charge in [0.05, 0.1) is 12.3 Å². The Morgan fingerprint density at radius 2 is 2.21 bits per heavy atom. The molecular weight excluding hydrogens is 238 g/mol. The number of hydrogen-bond acceptors (Lipinski definition) is 4. The second-order valence-corrected chi connectivity index (χ2v) is 6.20. The minimum absolute atomic E-state index is 0.283. The lowest BCUT2D eigenvalue weighted by atomic mass is 10.00. The predicted octanol–water partition coefficient (Wildman–Crippen LogP) is 1.96. The topological polar surface area (TPSA) is 31.6 Å². The highest BCUT2D eigenvalue weighted by molar-refractivity contribution is 5.02. The van der Waals surface area contributed by atoms with Crippen LogP contribution in [0.5, 0.6) is 0 Å². The fourth-order valence-electron chi connectivity index (χ4n) is 2.61. The Bertz CT molecular complexity index is 375. The zero-order chi connectivity index (χ0) is 13.9. The Kier molecular flexibility index (Phi) is 4.66. The van der Waals surface area contributed by atoms with Crippen LogP contribution in [0, 0.1) is 0 Å². The first-order valence-electron chi connectivity index (χ1n) is 7.19. The van der Waals surface area contributed by atoms with Crippen molar-refractivity contribution < 1.29 is 4.42 Å². The normalized spacial score (nSPS) is 22.5. The van der Waals surface area contributed by atoms with Crippen molar-refractivity contribution in [2.75, 3.05) is 39.8 Å². The van der Waals surface area contributed by atoms with Crippen LogP contribution >= 0.6 is 0 Å². The van der Waals surface area contributed by atoms with E-state index in [1.165, 1.54) is 0 Å². The summed E-state index contributed by atoms with van der Waals surface area (Å²) >= 11 is 0. The van der Waals surface area contributed by atoms with Crippen LogP contribution in [0.2, 0.25) is 0 Å². The highest BCUT2D eigenvalue weighted by Crippen LogP contribution is 2.18. The molecule has 0 amide bonds. The monoisotopic (exact) mass is 265 g/mol. The quantitative estimate of drug-likeness (QED) is 0.882. The van der Waals surface area contributed by atoms with Gasteiger partial charge in [0.15, 0.2) is 0 Å². The summed E-state index contributed by atoms with van der Waals surface area (Å²) < 4.78 is 5.40. The summed E-state index contributed by atoms with van der Waals surface area (Å²) in [5, 5.41) is 3.52. The molecule has 1 aromatic heterocycles. The average Bonchev–Trinajstić information content (AvgIpc) is 2.87. The third-order valence-corrected chi connectivity index (χ3v) is 4.24. The van der Waals surface area contributed by atoms with Gasteiger partial charge >= 0.3 is 0 Å². The molecule has 1 aromatic rings. The lowest BCUT2D eigenvalue weighted by molar-refractivity contribution is 0.0403. The van der Waals surface area contributed by atoms with E-state index in [9.17, 15) is 0 Å². The van der Waals surface area contributed by atoms with E-state index in [1.54, 1.807) is 6.26 Å². The van der Waals surface area contributed by atoms with Crippen LogP contribution in [-0.4, -0.2) is 55.1 Å². The maximum absolute atomic E-state index is 5.40. The maximum Gasteiger partial charge on any atom is 0.120 e. The first-order chi connectivity index (χ1) is 8.99. The molecule has 1 fully saturated rings. The van der Waals surface area contributed by atoms with Crippen molar-refractivity contribution in [1.29, 1.82) is 0 Å². The fraction of sp³-hybridized carbons (Fsp3) is 0.733. The Balaban J connectivity index is 1.72. The minimum Gasteiger partial charge on any atom is -0.468 e. The molecule has 0 spiro atoms. The van der Waals surface area contributed by atoms with Gasteiger partial charge in [-0.1, -0.05) is 0 Å². The maximum atomic E-state index is 5.40. The molecule has 108 valence electrons. The summed E-state index contributed by atoms with van der Waals surface area (Å²) in [7, 11) is 2.22. The van der Waals surface area contributed by atoms with Gasteiger partial charge in [-0.25, -0.2) is 0 Å². The summed E-state index contributed by atoms with van der Waals surface area (Å²) in [4.78, 5) is 4.99. The van der Waals surface area contributed by atoms with Crippen LogP contribution in [0.4, 0.5) is 0 Å². The second-order valence-electron chi connectivity index (χ2n) is 6.20. The molecule has 1 unspecified atom stereocenters. The van der Waals surface area contributed by atoms with Gasteiger partial charge in [0.25, 0.3) is 0 Å². The molecule has 1 saturated heterocycles. The Hall–Kier alpha value is -0.840. The molecular formula is C15H27N3O. The lowest BCUT2D eigenvalue weighted by Crippen LogP contribution is -2.58. The molecule has 4 heteroatoms. The fourth-order valence-corrected chi connectivity index (χ4v) is 2.61. The van der Waals surface area contributed by atoms with Crippen LogP contribution in [0.1, 0.15) is 32.6 Å². The highest BCUT2D eigenvalue weighted by Gasteiger charge is 2.30. The summed E-state index contributed by atoms with van der Waals surface area (Å²) in [5.74, 6) is 1.01. The molecule has 0 radical (unpaired) electrons. The number of hydrogen-bond donors (Lipinski definition) is 1. The van der Waals surface area contributed by atoms with Crippen LogP contribution in [-0.2, 0) is 0 Å². The largest absolute Gasteiger partial charge is 0.468 e. The Labute approximate surface area is 116 Å². The molecule has 0 aliphatic carbocycles. The number of nitrogens with zero attached hydrogens (tertiary/aromatic N) is 2. The summed E-state index contributed by atoms with van der Waals surface area (Å²) in [6, 6.07) is 4.25. The standard InChI is InChI=1S/C15H27N3O/c1-13(14-6-5-11-19-14)16-7-8-18-10-9-17(4)15(2,3)12-18/h5-6,11,13,16H,7-10,12H2,1-4H3. The van der Waals surface area contributed by atoms with Gasteiger partial charge in [-0.3, -0.25) is 9.80 Å². The van der Waals surface area contributed by atoms with Gasteiger partial charge in [0.1, 0.15) is 5.76 Å². The van der Waals surface area contributed by atoms with Crippen LogP contribution in [0.25, 0.3) is 0 Å². The van der Waals surface area contributed by atoms with Gasteiger partial charge in [-0.15, -0.1) is 0 Å². The number of nitrogens with one attached hydrogen (secondary N) is 1. The Morgan fingerprint density at radius 3 is 2.84 bits per heavy atom. The molecule has 1 aliphatic heterocycles. The number of furan rings is 1. The zero-order valence-corrected chi connectivity index (χ0v) is 12.6. The van der Waals surface area contributed by atoms with Gasteiger partial charge in [-0.2, -0.15) is 0 Å². The average molecular weight is 265 g/mol. The SMILES string of the molecule is CC(NCCN1CCN(C)C(C)(C)C1)c1ccco1. The first kappa shape index (κ1) is 14.6. The molecule has 0 bridgehead atoms. The van der Waals surface area contributed by atoms with Crippen LogP contribution in [0.15, 0.2) is 22.8 Å². The smallest absolute Gasteiger partial charge is 0.120 e. The molecule has 19 heavy (non-hydrogen) atoms. The summed E-state index contributed by atoms with van der Waals surface area (Å²) in [6.45, 7) is 12.3. The van der Waals surface area contributed by atoms with E-state index in [2.05, 4.69) is 42.9 Å². The molecule has 0 aromatic carbocycles. The van der Waals surface area contributed by atoms with E-state index >= 15 is 0 Å². The zero-order valence-electron chi connectivity index (χ0n) is 12.6. The third kappa shape index (κ3) is 3.81. The number of rotatable bonds is 5. The molecule has 4 nitrogen and oxygen atoms in total. The molecule has 1 N–H and O–H groups in total. The molecule has 2 heterocycles. The highest BCUT2D eigenvalue weighted by atomic mass is 16.3. The Morgan fingerprint density at radius 1 is 1.42 bits per heavy atom. The van der Waals surface area contributed by atoms with Crippen molar-refractivity contribution in [1.82, 2.24) is 15.1 Å². The van der Waals surface area contributed by atoms with Crippen molar-refractivity contribution in [2.45, 2.75) is 32.4 Å². The molecule has 1 aliphatic rings. The van der Waals surface area contributed by atoms with Crippen LogP contribution < -0.4 is 5.32 Å². The predicted molar refractivity (Wildman–Crippen MR) is 78.3 cm³/mol. The summed E-state index contributed by atoms with van der Waals surface area (Å²) in [5.41, 5.74) is 0.283. The number of piperazine rings is 1. The van der Waals surface area contributed by atoms with Crippen molar-refractivity contribution in [3.8, 4) is 0 Å². The van der Waals surface area contributed by atoms with Crippen molar-refractivity contribution in [3.05, 3.63) is 24.2 Å². The molecule has 1 atom stereocenters. The third-order valence-electron chi connectivity index (χ3n) is 4.24. The van der Waals surface area contributed by atoms with E-state index in [4.69, 9.17) is 4.42 Å². The minimum atomic E-state index is 0.283. The van der Waals surface area contributed by atoms with Gasteiger partial charge < -0.3 is 9.73 Å². The van der Waals surface area contributed by atoms with Crippen molar-refractivity contribution in [2.24, 2.45) is 0 Å². The second kappa shape index (κ2) is 6.07. The summed E-state index contributed by atoms with van der Waals surface area (Å²) in [6.07, 6.45) is 1.73. The van der Waals surface area contributed by atoms with Gasteiger partial charge in [0.2, 0.25) is 0 Å². The first-order valence-corrected chi connectivity index (χ1v) is 7.19. The van der Waals surface area contributed by atoms with E-state index < -0.39 is 0 Å². The lowest BCUT2D eigenvalue weighted by Gasteiger charge is -2.45. The van der Waals surface area contributed by atoms with Crippen LogP contribution in [0.3, 0.4) is 0 Å². The van der Waals surface area contributed by atoms with E-state index in [0.717, 1.165) is 38.5 Å². The van der Waals surface area contributed by atoms with Crippen molar-refractivity contribution in [3.63, 3.8) is 0 Å². The van der Waals surface area contributed by atoms with E-state index in [-0.39, 0.29) is 11.6 Å². The van der Waals surface area contributed by atoms with Gasteiger partial charge in [0, 0.05) is 38.3 Å². The van der Waals surface area contributed by atoms with Gasteiger partial charge in [-0.05, 0) is 40.0 Å². The van der Waals surface area contributed by atoms with E-state index in [0.29, 0.717) is 0 Å². The molecule has 0 saturated carbocycles.